The zero-order valence-corrected chi connectivity index (χ0v) is 15.6. The van der Waals surface area contributed by atoms with Crippen LogP contribution in [0.15, 0.2) is 43.2 Å². The Bertz CT molecular complexity index is 1130. The number of hydrogen-bond acceptors (Lipinski definition) is 3. The van der Waals surface area contributed by atoms with E-state index in [4.69, 9.17) is 0 Å². The molecule has 6 nitrogen and oxygen atoms in total. The fourth-order valence-corrected chi connectivity index (χ4v) is 3.98. The Kier molecular flexibility index (Phi) is 3.34. The van der Waals surface area contributed by atoms with Gasteiger partial charge in [-0.1, -0.05) is 6.07 Å². The van der Waals surface area contributed by atoms with Crippen molar-refractivity contribution in [2.75, 3.05) is 11.6 Å². The van der Waals surface area contributed by atoms with E-state index in [9.17, 15) is 13.6 Å². The molecule has 1 aromatic carbocycles. The molecule has 3 aromatic rings. The van der Waals surface area contributed by atoms with Crippen LogP contribution in [0, 0.1) is 0 Å². The lowest BCUT2D eigenvalue weighted by Gasteiger charge is -2.34. The van der Waals surface area contributed by atoms with Crippen LogP contribution in [-0.2, 0) is 5.92 Å². The zero-order valence-electron chi connectivity index (χ0n) is 15.6. The number of amides is 1. The first-order valence-corrected chi connectivity index (χ1v) is 9.92. The highest BCUT2D eigenvalue weighted by molar-refractivity contribution is 6.04. The molecule has 0 spiro atoms. The van der Waals surface area contributed by atoms with Crippen molar-refractivity contribution in [1.82, 2.24) is 19.2 Å². The Morgan fingerprint density at radius 1 is 0.966 bits per heavy atom. The van der Waals surface area contributed by atoms with Gasteiger partial charge in [0.1, 0.15) is 12.9 Å². The molecule has 0 saturated heterocycles. The van der Waals surface area contributed by atoms with E-state index in [-0.39, 0.29) is 11.1 Å². The van der Waals surface area contributed by atoms with Crippen molar-refractivity contribution in [1.29, 1.82) is 0 Å². The van der Waals surface area contributed by atoms with Gasteiger partial charge in [-0.15, -0.1) is 0 Å². The van der Waals surface area contributed by atoms with Gasteiger partial charge in [-0.05, 0) is 37.8 Å². The number of aromatic nitrogens is 4. The summed E-state index contributed by atoms with van der Waals surface area (Å²) in [7, 11) is 0. The summed E-state index contributed by atoms with van der Waals surface area (Å²) in [6, 6.07) is 4.52. The van der Waals surface area contributed by atoms with E-state index in [2.05, 4.69) is 9.97 Å². The molecule has 2 fully saturated rings. The number of benzene rings is 1. The SMILES string of the molecule is O=C1c2cc(-n3cnc(C4CC4)c3)ccc2C(F)(F)CN1n1cnc(C2CC2)c1. The Balaban J connectivity index is 1.38. The molecule has 0 N–H and O–H groups in total. The normalized spacial score (nSPS) is 20.8. The van der Waals surface area contributed by atoms with Gasteiger partial charge in [0.2, 0.25) is 0 Å². The van der Waals surface area contributed by atoms with Gasteiger partial charge in [-0.25, -0.2) is 19.7 Å². The molecule has 1 amide bonds. The Morgan fingerprint density at radius 2 is 1.66 bits per heavy atom. The van der Waals surface area contributed by atoms with Crippen molar-refractivity contribution in [3.63, 3.8) is 0 Å². The molecule has 6 rings (SSSR count). The van der Waals surface area contributed by atoms with Crippen LogP contribution in [0.3, 0.4) is 0 Å². The number of nitrogens with zero attached hydrogens (tertiary/aromatic N) is 5. The Labute approximate surface area is 165 Å². The van der Waals surface area contributed by atoms with Crippen LogP contribution in [0.25, 0.3) is 5.69 Å². The number of halogens is 2. The van der Waals surface area contributed by atoms with E-state index in [0.29, 0.717) is 17.5 Å². The standard InChI is InChI=1S/C21H19F2N5O/c22-21(23)10-28(27-9-19(25-12-27)14-3-4-14)20(29)16-7-15(5-6-17(16)21)26-8-18(24-11-26)13-1-2-13/h5-9,11-14H,1-4,10H2. The monoisotopic (exact) mass is 395 g/mol. The maximum atomic E-state index is 14.9. The number of alkyl halides is 2. The molecule has 0 radical (unpaired) electrons. The number of hydrogen-bond donors (Lipinski definition) is 0. The van der Waals surface area contributed by atoms with Crippen molar-refractivity contribution < 1.29 is 13.6 Å². The largest absolute Gasteiger partial charge is 0.306 e. The third kappa shape index (κ3) is 2.77. The van der Waals surface area contributed by atoms with Gasteiger partial charge in [0, 0.05) is 29.3 Å². The molecule has 148 valence electrons. The molecule has 3 heterocycles. The summed E-state index contributed by atoms with van der Waals surface area (Å²) in [5, 5.41) is 1.08. The highest BCUT2D eigenvalue weighted by Gasteiger charge is 2.45. The summed E-state index contributed by atoms with van der Waals surface area (Å²) in [6.07, 6.45) is 11.1. The van der Waals surface area contributed by atoms with Crippen molar-refractivity contribution in [2.24, 2.45) is 0 Å². The molecule has 0 unspecified atom stereocenters. The predicted octanol–water partition coefficient (Wildman–Crippen LogP) is 3.71. The maximum absolute atomic E-state index is 14.9. The second kappa shape index (κ2) is 5.75. The zero-order chi connectivity index (χ0) is 19.8. The number of imidazole rings is 2. The highest BCUT2D eigenvalue weighted by Crippen LogP contribution is 2.41. The van der Waals surface area contributed by atoms with Crippen molar-refractivity contribution in [3.8, 4) is 5.69 Å². The van der Waals surface area contributed by atoms with Gasteiger partial charge >= 0.3 is 0 Å². The fraction of sp³-hybridized carbons (Fsp3) is 0.381. The lowest BCUT2D eigenvalue weighted by Crippen LogP contribution is -2.51. The minimum atomic E-state index is -3.14. The van der Waals surface area contributed by atoms with Crippen LogP contribution in [0.5, 0.6) is 0 Å². The van der Waals surface area contributed by atoms with Gasteiger partial charge in [-0.3, -0.25) is 4.79 Å². The van der Waals surface area contributed by atoms with E-state index >= 15 is 0 Å². The average Bonchev–Trinajstić information content (AvgIpc) is 3.65. The molecule has 1 aliphatic heterocycles. The number of carbonyl (C=O) groups excluding carboxylic acids is 1. The summed E-state index contributed by atoms with van der Waals surface area (Å²) in [5.41, 5.74) is 2.30. The Morgan fingerprint density at radius 3 is 2.38 bits per heavy atom. The molecule has 0 atom stereocenters. The molecule has 29 heavy (non-hydrogen) atoms. The summed E-state index contributed by atoms with van der Waals surface area (Å²) < 4.78 is 33.0. The summed E-state index contributed by atoms with van der Waals surface area (Å²) >= 11 is 0. The van der Waals surface area contributed by atoms with Crippen LogP contribution >= 0.6 is 0 Å². The molecule has 2 aromatic heterocycles. The minimum Gasteiger partial charge on any atom is -0.306 e. The van der Waals surface area contributed by atoms with E-state index < -0.39 is 18.4 Å². The van der Waals surface area contributed by atoms with E-state index in [1.807, 2.05) is 6.20 Å². The van der Waals surface area contributed by atoms with Gasteiger partial charge in [0.15, 0.2) is 0 Å². The molecule has 0 bridgehead atoms. The van der Waals surface area contributed by atoms with Crippen molar-refractivity contribution in [2.45, 2.75) is 43.4 Å². The number of rotatable bonds is 4. The first-order valence-electron chi connectivity index (χ1n) is 9.92. The molecule has 2 aliphatic carbocycles. The lowest BCUT2D eigenvalue weighted by molar-refractivity contribution is -0.00636. The third-order valence-electron chi connectivity index (χ3n) is 5.97. The predicted molar refractivity (Wildman–Crippen MR) is 101 cm³/mol. The van der Waals surface area contributed by atoms with Crippen LogP contribution < -0.4 is 5.01 Å². The van der Waals surface area contributed by atoms with Gasteiger partial charge in [0.25, 0.3) is 11.8 Å². The van der Waals surface area contributed by atoms with Gasteiger partial charge in [0.05, 0.1) is 29.5 Å². The quantitative estimate of drug-likeness (QED) is 0.677. The van der Waals surface area contributed by atoms with Crippen LogP contribution in [0.1, 0.15) is 64.8 Å². The third-order valence-corrected chi connectivity index (χ3v) is 5.97. The van der Waals surface area contributed by atoms with E-state index in [1.165, 1.54) is 23.1 Å². The van der Waals surface area contributed by atoms with Gasteiger partial charge < -0.3 is 4.57 Å². The molecule has 8 heteroatoms. The molecule has 2 saturated carbocycles. The Hall–Kier alpha value is -3.03. The molecule has 3 aliphatic rings. The second-order valence-corrected chi connectivity index (χ2v) is 8.23. The van der Waals surface area contributed by atoms with E-state index in [1.54, 1.807) is 23.2 Å². The van der Waals surface area contributed by atoms with Crippen molar-refractivity contribution in [3.05, 3.63) is 65.8 Å². The van der Waals surface area contributed by atoms with Crippen molar-refractivity contribution >= 4 is 5.91 Å². The smallest absolute Gasteiger partial charge is 0.293 e. The first-order chi connectivity index (χ1) is 14.0. The maximum Gasteiger partial charge on any atom is 0.293 e. The molecular formula is C21H19F2N5O. The summed E-state index contributed by atoms with van der Waals surface area (Å²) in [5.74, 6) is -2.70. The van der Waals surface area contributed by atoms with Crippen LogP contribution in [0.4, 0.5) is 8.78 Å². The highest BCUT2D eigenvalue weighted by atomic mass is 19.3. The molecular weight excluding hydrogens is 376 g/mol. The minimum absolute atomic E-state index is 0.0158. The summed E-state index contributed by atoms with van der Waals surface area (Å²) in [4.78, 5) is 21.8. The first kappa shape index (κ1) is 16.9. The summed E-state index contributed by atoms with van der Waals surface area (Å²) in [6.45, 7) is -0.699. The lowest BCUT2D eigenvalue weighted by atomic mass is 9.96. The topological polar surface area (TPSA) is 56.0 Å². The second-order valence-electron chi connectivity index (χ2n) is 8.23. The number of carbonyl (C=O) groups is 1. The average molecular weight is 395 g/mol. The fourth-order valence-electron chi connectivity index (χ4n) is 3.98. The number of fused-ring (bicyclic) bond motifs is 1. The van der Waals surface area contributed by atoms with Crippen LogP contribution in [-0.4, -0.2) is 31.7 Å². The van der Waals surface area contributed by atoms with Gasteiger partial charge in [-0.2, -0.15) is 8.78 Å². The van der Waals surface area contributed by atoms with E-state index in [0.717, 1.165) is 42.1 Å². The van der Waals surface area contributed by atoms with Crippen LogP contribution in [0.2, 0.25) is 0 Å².